The molecule has 0 radical (unpaired) electrons. The number of carbonyl (C=O) groups excluding carboxylic acids is 2. The fourth-order valence-electron chi connectivity index (χ4n) is 1.06. The molecule has 1 aromatic rings. The minimum Gasteiger partial charge on any atom is -0.458 e. The Hall–Kier alpha value is -0.870. The van der Waals surface area contributed by atoms with Crippen molar-refractivity contribution < 1.29 is 14.3 Å². The van der Waals surface area contributed by atoms with Gasteiger partial charge in [0.15, 0.2) is 12.4 Å². The van der Waals surface area contributed by atoms with Crippen molar-refractivity contribution in [2.75, 3.05) is 6.61 Å². The van der Waals surface area contributed by atoms with E-state index < -0.39 is 10.8 Å². The quantitative estimate of drug-likeness (QED) is 0.634. The first-order valence-corrected chi connectivity index (χ1v) is 5.85. The van der Waals surface area contributed by atoms with Crippen LogP contribution in [0.15, 0.2) is 24.3 Å². The Labute approximate surface area is 107 Å². The second-order valence-corrected chi connectivity index (χ2v) is 4.51. The fourth-order valence-corrected chi connectivity index (χ4v) is 1.63. The van der Waals surface area contributed by atoms with Crippen LogP contribution in [0.5, 0.6) is 0 Å². The lowest BCUT2D eigenvalue weighted by Gasteiger charge is -2.09. The average molecular weight is 306 g/mol. The number of ketones is 1. The summed E-state index contributed by atoms with van der Waals surface area (Å²) < 4.78 is 4.63. The van der Waals surface area contributed by atoms with Gasteiger partial charge in [0.25, 0.3) is 0 Å². The maximum atomic E-state index is 11.6. The number of esters is 1. The first-order valence-electron chi connectivity index (χ1n) is 4.56. The first kappa shape index (κ1) is 13.2. The molecule has 0 spiro atoms. The topological polar surface area (TPSA) is 43.4 Å². The maximum Gasteiger partial charge on any atom is 0.303 e. The van der Waals surface area contributed by atoms with Crippen LogP contribution >= 0.6 is 27.5 Å². The van der Waals surface area contributed by atoms with Gasteiger partial charge in [-0.2, -0.15) is 0 Å². The summed E-state index contributed by atoms with van der Waals surface area (Å²) in [7, 11) is 0. The van der Waals surface area contributed by atoms with E-state index in [1.165, 1.54) is 6.92 Å². The molecule has 1 atom stereocenters. The van der Waals surface area contributed by atoms with Crippen molar-refractivity contribution in [2.24, 2.45) is 0 Å². The van der Waals surface area contributed by atoms with Crippen molar-refractivity contribution in [3.63, 3.8) is 0 Å². The predicted molar refractivity (Wildman–Crippen MR) is 64.8 cm³/mol. The highest BCUT2D eigenvalue weighted by Gasteiger charge is 2.17. The molecule has 0 N–H and O–H groups in total. The molecule has 0 bridgehead atoms. The number of alkyl halides is 1. The zero-order valence-corrected chi connectivity index (χ0v) is 10.9. The van der Waals surface area contributed by atoms with Crippen LogP contribution in [0.25, 0.3) is 0 Å². The lowest BCUT2D eigenvalue weighted by molar-refractivity contribution is -0.145. The standard InChI is InChI=1S/C11H10BrClO3/c1-7(14)16-6-10(15)11(12)8-2-4-9(13)5-3-8/h2-5,11H,6H2,1H3. The Bertz CT molecular complexity index is 389. The number of hydrogen-bond donors (Lipinski definition) is 0. The van der Waals surface area contributed by atoms with Gasteiger partial charge in [-0.05, 0) is 17.7 Å². The number of halogens is 2. The average Bonchev–Trinajstić information content (AvgIpc) is 2.26. The molecule has 1 unspecified atom stereocenters. The molecule has 1 rings (SSSR count). The minimum absolute atomic E-state index is 0.211. The second kappa shape index (κ2) is 6.01. The Morgan fingerprint density at radius 3 is 2.44 bits per heavy atom. The highest BCUT2D eigenvalue weighted by molar-refractivity contribution is 9.09. The highest BCUT2D eigenvalue weighted by Crippen LogP contribution is 2.25. The normalized spacial score (nSPS) is 11.9. The summed E-state index contributed by atoms with van der Waals surface area (Å²) in [6.07, 6.45) is 0. The molecule has 1 aromatic carbocycles. The van der Waals surface area contributed by atoms with Gasteiger partial charge in [-0.15, -0.1) is 0 Å². The smallest absolute Gasteiger partial charge is 0.303 e. The largest absolute Gasteiger partial charge is 0.458 e. The van der Waals surface area contributed by atoms with Crippen molar-refractivity contribution in [1.29, 1.82) is 0 Å². The van der Waals surface area contributed by atoms with Crippen LogP contribution in [-0.4, -0.2) is 18.4 Å². The van der Waals surface area contributed by atoms with Gasteiger partial charge in [0, 0.05) is 11.9 Å². The zero-order valence-electron chi connectivity index (χ0n) is 8.57. The lowest BCUT2D eigenvalue weighted by Crippen LogP contribution is -2.15. The van der Waals surface area contributed by atoms with E-state index in [0.29, 0.717) is 5.02 Å². The maximum absolute atomic E-state index is 11.6. The Balaban J connectivity index is 2.63. The van der Waals surface area contributed by atoms with Gasteiger partial charge in [-0.1, -0.05) is 39.7 Å². The minimum atomic E-state index is -0.482. The summed E-state index contributed by atoms with van der Waals surface area (Å²) in [6.45, 7) is 1.03. The molecule has 0 fully saturated rings. The molecule has 86 valence electrons. The predicted octanol–water partition coefficient (Wildman–Crippen LogP) is 2.91. The summed E-state index contributed by atoms with van der Waals surface area (Å²) >= 11 is 8.97. The lowest BCUT2D eigenvalue weighted by atomic mass is 10.1. The molecular formula is C11H10BrClO3. The Morgan fingerprint density at radius 2 is 1.94 bits per heavy atom. The third-order valence-corrected chi connectivity index (χ3v) is 3.15. The van der Waals surface area contributed by atoms with E-state index in [1.54, 1.807) is 24.3 Å². The van der Waals surface area contributed by atoms with Gasteiger partial charge in [0.1, 0.15) is 4.83 Å². The summed E-state index contributed by atoms with van der Waals surface area (Å²) in [5.74, 6) is -0.679. The van der Waals surface area contributed by atoms with Crippen molar-refractivity contribution in [2.45, 2.75) is 11.8 Å². The third-order valence-electron chi connectivity index (χ3n) is 1.86. The van der Waals surface area contributed by atoms with Crippen molar-refractivity contribution in [3.8, 4) is 0 Å². The summed E-state index contributed by atoms with van der Waals surface area (Å²) in [6, 6.07) is 6.88. The molecule has 16 heavy (non-hydrogen) atoms. The SMILES string of the molecule is CC(=O)OCC(=O)C(Br)c1ccc(Cl)cc1. The van der Waals surface area contributed by atoms with Gasteiger partial charge in [-0.3, -0.25) is 9.59 Å². The van der Waals surface area contributed by atoms with Crippen molar-refractivity contribution in [3.05, 3.63) is 34.9 Å². The number of carbonyl (C=O) groups is 2. The van der Waals surface area contributed by atoms with Gasteiger partial charge in [-0.25, -0.2) is 0 Å². The second-order valence-electron chi connectivity index (χ2n) is 3.16. The Kier molecular flexibility index (Phi) is 4.96. The van der Waals surface area contributed by atoms with E-state index in [9.17, 15) is 9.59 Å². The van der Waals surface area contributed by atoms with E-state index in [1.807, 2.05) is 0 Å². The monoisotopic (exact) mass is 304 g/mol. The van der Waals surface area contributed by atoms with E-state index in [4.69, 9.17) is 11.6 Å². The molecule has 0 saturated heterocycles. The zero-order chi connectivity index (χ0) is 12.1. The summed E-state index contributed by atoms with van der Waals surface area (Å²) in [5.41, 5.74) is 0.779. The number of rotatable bonds is 4. The molecule has 0 amide bonds. The highest BCUT2D eigenvalue weighted by atomic mass is 79.9. The van der Waals surface area contributed by atoms with Gasteiger partial charge < -0.3 is 4.74 Å². The van der Waals surface area contributed by atoms with Crippen LogP contribution in [0.2, 0.25) is 5.02 Å². The van der Waals surface area contributed by atoms with Crippen LogP contribution in [-0.2, 0) is 14.3 Å². The molecule has 0 aliphatic heterocycles. The summed E-state index contributed by atoms with van der Waals surface area (Å²) in [5, 5.41) is 0.607. The van der Waals surface area contributed by atoms with Crippen LogP contribution < -0.4 is 0 Å². The number of Topliss-reactive ketones (excluding diaryl/α,β-unsaturated/α-hetero) is 1. The molecule has 3 nitrogen and oxygen atoms in total. The van der Waals surface area contributed by atoms with E-state index in [0.717, 1.165) is 5.56 Å². The Morgan fingerprint density at radius 1 is 1.38 bits per heavy atom. The molecule has 0 aromatic heterocycles. The van der Waals surface area contributed by atoms with Crippen LogP contribution in [0.1, 0.15) is 17.3 Å². The van der Waals surface area contributed by atoms with Crippen LogP contribution in [0, 0.1) is 0 Å². The summed E-state index contributed by atoms with van der Waals surface area (Å²) in [4.78, 5) is 21.6. The van der Waals surface area contributed by atoms with Crippen molar-refractivity contribution >= 4 is 39.3 Å². The van der Waals surface area contributed by atoms with Crippen LogP contribution in [0.3, 0.4) is 0 Å². The molecule has 5 heteroatoms. The number of hydrogen-bond acceptors (Lipinski definition) is 3. The third kappa shape index (κ3) is 3.94. The first-order chi connectivity index (χ1) is 7.50. The van der Waals surface area contributed by atoms with Gasteiger partial charge >= 0.3 is 5.97 Å². The molecule has 0 aliphatic carbocycles. The van der Waals surface area contributed by atoms with Gasteiger partial charge in [0.2, 0.25) is 0 Å². The van der Waals surface area contributed by atoms with E-state index in [-0.39, 0.29) is 12.4 Å². The number of benzene rings is 1. The van der Waals surface area contributed by atoms with E-state index in [2.05, 4.69) is 20.7 Å². The molecular weight excluding hydrogens is 295 g/mol. The molecule has 0 heterocycles. The number of ether oxygens (including phenoxy) is 1. The van der Waals surface area contributed by atoms with E-state index >= 15 is 0 Å². The van der Waals surface area contributed by atoms with Crippen LogP contribution in [0.4, 0.5) is 0 Å². The fraction of sp³-hybridized carbons (Fsp3) is 0.273. The van der Waals surface area contributed by atoms with Gasteiger partial charge in [0.05, 0.1) is 0 Å². The van der Waals surface area contributed by atoms with Crippen molar-refractivity contribution in [1.82, 2.24) is 0 Å². The molecule has 0 aliphatic rings. The molecule has 0 saturated carbocycles.